The number of fused-ring (bicyclic) bond motifs is 1. The molecular formula is C25H29N3O5. The zero-order valence-electron chi connectivity index (χ0n) is 18.9. The molecule has 8 heteroatoms. The molecule has 0 radical (unpaired) electrons. The van der Waals surface area contributed by atoms with Gasteiger partial charge in [0.05, 0.1) is 43.8 Å². The number of methoxy groups -OCH3 is 1. The third-order valence-electron chi connectivity index (χ3n) is 6.26. The number of pyridine rings is 1. The number of carbonyl (C=O) groups is 1. The number of anilines is 1. The van der Waals surface area contributed by atoms with E-state index in [-0.39, 0.29) is 12.0 Å². The second-order valence-corrected chi connectivity index (χ2v) is 8.46. The summed E-state index contributed by atoms with van der Waals surface area (Å²) in [5, 5.41) is 1.01. The summed E-state index contributed by atoms with van der Waals surface area (Å²) in [6, 6.07) is 9.74. The fraction of sp³-hybridized carbons (Fsp3) is 0.440. The maximum atomic E-state index is 13.4. The molecule has 2 fully saturated rings. The van der Waals surface area contributed by atoms with Crippen LogP contribution in [0.15, 0.2) is 47.3 Å². The van der Waals surface area contributed by atoms with Crippen LogP contribution in [0.1, 0.15) is 28.8 Å². The number of benzene rings is 1. The van der Waals surface area contributed by atoms with Crippen LogP contribution in [0, 0.1) is 0 Å². The van der Waals surface area contributed by atoms with Crippen LogP contribution in [0.5, 0.6) is 5.75 Å². The molecule has 2 aromatic heterocycles. The molecule has 1 aromatic carbocycles. The highest BCUT2D eigenvalue weighted by Gasteiger charge is 2.26. The van der Waals surface area contributed by atoms with E-state index >= 15 is 0 Å². The highest BCUT2D eigenvalue weighted by molar-refractivity contribution is 5.94. The highest BCUT2D eigenvalue weighted by atomic mass is 16.5. The fourth-order valence-corrected chi connectivity index (χ4v) is 4.50. The van der Waals surface area contributed by atoms with Crippen molar-refractivity contribution in [1.29, 1.82) is 0 Å². The van der Waals surface area contributed by atoms with Gasteiger partial charge >= 0.3 is 0 Å². The Bertz CT molecular complexity index is 1090. The minimum Gasteiger partial charge on any atom is -0.497 e. The van der Waals surface area contributed by atoms with E-state index in [1.54, 1.807) is 13.2 Å². The molecule has 33 heavy (non-hydrogen) atoms. The van der Waals surface area contributed by atoms with Gasteiger partial charge < -0.3 is 28.4 Å². The van der Waals surface area contributed by atoms with Gasteiger partial charge in [0, 0.05) is 49.8 Å². The van der Waals surface area contributed by atoms with Gasteiger partial charge in [0.1, 0.15) is 17.8 Å². The number of rotatable bonds is 7. The lowest BCUT2D eigenvalue weighted by Crippen LogP contribution is -2.39. The normalized spacial score (nSPS) is 18.6. The summed E-state index contributed by atoms with van der Waals surface area (Å²) in [5.74, 6) is 1.59. The number of morpholine rings is 1. The van der Waals surface area contributed by atoms with Gasteiger partial charge in [-0.3, -0.25) is 4.79 Å². The molecule has 0 saturated carbocycles. The summed E-state index contributed by atoms with van der Waals surface area (Å²) < 4.78 is 22.0. The van der Waals surface area contributed by atoms with Gasteiger partial charge in [0.15, 0.2) is 0 Å². The molecule has 2 aliphatic heterocycles. The quantitative estimate of drug-likeness (QED) is 0.544. The van der Waals surface area contributed by atoms with Gasteiger partial charge in [-0.25, -0.2) is 4.98 Å². The van der Waals surface area contributed by atoms with Crippen LogP contribution in [-0.2, 0) is 16.0 Å². The first-order valence-corrected chi connectivity index (χ1v) is 11.4. The van der Waals surface area contributed by atoms with Crippen LogP contribution in [-0.4, -0.2) is 68.5 Å². The van der Waals surface area contributed by atoms with Crippen LogP contribution in [0.25, 0.3) is 10.9 Å². The number of carbonyl (C=O) groups excluding carboxylic acids is 1. The molecule has 0 bridgehead atoms. The Morgan fingerprint density at radius 3 is 2.82 bits per heavy atom. The van der Waals surface area contributed by atoms with E-state index < -0.39 is 0 Å². The van der Waals surface area contributed by atoms with E-state index in [1.165, 1.54) is 12.5 Å². The lowest BCUT2D eigenvalue weighted by Gasteiger charge is -2.32. The number of furan rings is 1. The first-order chi connectivity index (χ1) is 16.2. The predicted molar refractivity (Wildman–Crippen MR) is 124 cm³/mol. The second-order valence-electron chi connectivity index (χ2n) is 8.46. The average molecular weight is 452 g/mol. The van der Waals surface area contributed by atoms with Crippen molar-refractivity contribution in [2.45, 2.75) is 25.5 Å². The van der Waals surface area contributed by atoms with Crippen molar-refractivity contribution in [3.05, 3.63) is 54.0 Å². The number of hydrogen-bond donors (Lipinski definition) is 0. The van der Waals surface area contributed by atoms with Gasteiger partial charge in [-0.05, 0) is 37.1 Å². The summed E-state index contributed by atoms with van der Waals surface area (Å²) in [5.41, 5.74) is 2.41. The summed E-state index contributed by atoms with van der Waals surface area (Å²) in [6.45, 7) is 4.55. The summed E-state index contributed by atoms with van der Waals surface area (Å²) in [7, 11) is 1.66. The van der Waals surface area contributed by atoms with Crippen molar-refractivity contribution in [2.24, 2.45) is 0 Å². The van der Waals surface area contributed by atoms with Gasteiger partial charge in [0.25, 0.3) is 5.91 Å². The molecule has 0 N–H and O–H groups in total. The number of nitrogens with zero attached hydrogens (tertiary/aromatic N) is 3. The van der Waals surface area contributed by atoms with Crippen LogP contribution in [0.4, 0.5) is 5.82 Å². The first-order valence-electron chi connectivity index (χ1n) is 11.4. The van der Waals surface area contributed by atoms with E-state index in [0.29, 0.717) is 31.9 Å². The van der Waals surface area contributed by atoms with E-state index in [2.05, 4.69) is 11.0 Å². The molecule has 5 rings (SSSR count). The predicted octanol–water partition coefficient (Wildman–Crippen LogP) is 3.49. The van der Waals surface area contributed by atoms with Gasteiger partial charge in [-0.2, -0.15) is 0 Å². The Morgan fingerprint density at radius 1 is 1.21 bits per heavy atom. The molecule has 1 amide bonds. The lowest BCUT2D eigenvalue weighted by molar-refractivity contribution is 0.0506. The Balaban J connectivity index is 1.52. The van der Waals surface area contributed by atoms with Crippen molar-refractivity contribution in [3.63, 3.8) is 0 Å². The van der Waals surface area contributed by atoms with Crippen LogP contribution in [0.2, 0.25) is 0 Å². The van der Waals surface area contributed by atoms with E-state index in [9.17, 15) is 4.79 Å². The number of aromatic nitrogens is 1. The molecule has 0 spiro atoms. The van der Waals surface area contributed by atoms with Crippen LogP contribution < -0.4 is 9.64 Å². The van der Waals surface area contributed by atoms with Crippen LogP contribution >= 0.6 is 0 Å². The fourth-order valence-electron chi connectivity index (χ4n) is 4.50. The Labute approximate surface area is 193 Å². The zero-order chi connectivity index (χ0) is 22.6. The maximum absolute atomic E-state index is 13.4. The topological polar surface area (TPSA) is 77.3 Å². The first kappa shape index (κ1) is 21.7. The molecule has 2 saturated heterocycles. The van der Waals surface area contributed by atoms with E-state index in [1.807, 2.05) is 23.1 Å². The van der Waals surface area contributed by atoms with E-state index in [0.717, 1.165) is 60.6 Å². The molecular weight excluding hydrogens is 422 g/mol. The van der Waals surface area contributed by atoms with Crippen molar-refractivity contribution >= 4 is 22.6 Å². The van der Waals surface area contributed by atoms with Gasteiger partial charge in [-0.15, -0.1) is 0 Å². The monoisotopic (exact) mass is 451 g/mol. The second kappa shape index (κ2) is 9.80. The van der Waals surface area contributed by atoms with Crippen LogP contribution in [0.3, 0.4) is 0 Å². The molecule has 174 valence electrons. The summed E-state index contributed by atoms with van der Waals surface area (Å²) in [4.78, 5) is 22.5. The smallest absolute Gasteiger partial charge is 0.257 e. The summed E-state index contributed by atoms with van der Waals surface area (Å²) >= 11 is 0. The SMILES string of the molecule is COc1ccc2cc(CN(CC3CCCO3)C(=O)c3ccoc3)c(N3CCOCC3)nc2c1. The molecule has 4 heterocycles. The zero-order valence-corrected chi connectivity index (χ0v) is 18.9. The summed E-state index contributed by atoms with van der Waals surface area (Å²) in [6.07, 6.45) is 5.06. The van der Waals surface area contributed by atoms with Crippen molar-refractivity contribution in [1.82, 2.24) is 9.88 Å². The molecule has 3 aromatic rings. The number of hydrogen-bond acceptors (Lipinski definition) is 7. The van der Waals surface area contributed by atoms with Crippen molar-refractivity contribution < 1.29 is 23.4 Å². The molecule has 0 aliphatic carbocycles. The number of amides is 1. The molecule has 8 nitrogen and oxygen atoms in total. The average Bonchev–Trinajstić information content (AvgIpc) is 3.58. The Morgan fingerprint density at radius 2 is 2.09 bits per heavy atom. The molecule has 1 atom stereocenters. The van der Waals surface area contributed by atoms with Gasteiger partial charge in [0.2, 0.25) is 0 Å². The van der Waals surface area contributed by atoms with Crippen molar-refractivity contribution in [3.8, 4) is 5.75 Å². The highest BCUT2D eigenvalue weighted by Crippen LogP contribution is 2.29. The lowest BCUT2D eigenvalue weighted by atomic mass is 10.1. The van der Waals surface area contributed by atoms with Crippen molar-refractivity contribution in [2.75, 3.05) is 51.5 Å². The largest absolute Gasteiger partial charge is 0.497 e. The molecule has 2 aliphatic rings. The third-order valence-corrected chi connectivity index (χ3v) is 6.26. The standard InChI is InChI=1S/C25H29N3O5/c1-30-21-5-4-18-13-20(24(26-23(18)14-21)27-7-11-31-12-8-27)15-28(16-22-3-2-9-33-22)25(29)19-6-10-32-17-19/h4-6,10,13-14,17,22H,2-3,7-9,11-12,15-16H2,1H3. The third kappa shape index (κ3) is 4.82. The minimum atomic E-state index is -0.0676. The van der Waals surface area contributed by atoms with E-state index in [4.69, 9.17) is 23.6 Å². The van der Waals surface area contributed by atoms with Gasteiger partial charge in [-0.1, -0.05) is 0 Å². The Hall–Kier alpha value is -3.10. The Kier molecular flexibility index (Phi) is 6.46. The molecule has 1 unspecified atom stereocenters. The maximum Gasteiger partial charge on any atom is 0.257 e. The number of ether oxygens (including phenoxy) is 3. The minimum absolute atomic E-state index is 0.0466.